The minimum Gasteiger partial charge on any atom is -0.396 e. The number of imide groups is 1. The van der Waals surface area contributed by atoms with E-state index in [0.29, 0.717) is 12.0 Å². The molecule has 0 saturated heterocycles. The summed E-state index contributed by atoms with van der Waals surface area (Å²) in [4.78, 5) is 24.8. The number of carbonyl (C=O) groups excluding carboxylic acids is 2. The van der Waals surface area contributed by atoms with E-state index in [9.17, 15) is 9.59 Å². The van der Waals surface area contributed by atoms with Crippen molar-refractivity contribution in [1.82, 2.24) is 4.90 Å². The zero-order chi connectivity index (χ0) is 12.5. The van der Waals surface area contributed by atoms with Crippen LogP contribution in [0.5, 0.6) is 0 Å². The van der Waals surface area contributed by atoms with Crippen molar-refractivity contribution in [2.45, 2.75) is 40.2 Å². The van der Waals surface area contributed by atoms with Crippen molar-refractivity contribution in [3.8, 4) is 0 Å². The van der Waals surface area contributed by atoms with Crippen molar-refractivity contribution in [2.75, 3.05) is 6.61 Å². The van der Waals surface area contributed by atoms with Gasteiger partial charge in [0.05, 0.1) is 0 Å². The van der Waals surface area contributed by atoms with Gasteiger partial charge in [-0.25, -0.2) is 0 Å². The lowest BCUT2D eigenvalue weighted by Gasteiger charge is -2.36. The molecule has 0 spiro atoms. The van der Waals surface area contributed by atoms with Gasteiger partial charge in [-0.15, -0.1) is 0 Å². The van der Waals surface area contributed by atoms with Gasteiger partial charge >= 0.3 is 0 Å². The molecule has 2 amide bonds. The van der Waals surface area contributed by atoms with Gasteiger partial charge in [-0.1, -0.05) is 20.8 Å². The Balaban J connectivity index is 2.98. The van der Waals surface area contributed by atoms with Crippen LogP contribution in [0.15, 0.2) is 11.6 Å². The Hall–Kier alpha value is -1.16. The second kappa shape index (κ2) is 4.37. The Morgan fingerprint density at radius 1 is 1.38 bits per heavy atom. The van der Waals surface area contributed by atoms with Gasteiger partial charge < -0.3 is 5.11 Å². The van der Waals surface area contributed by atoms with Gasteiger partial charge in [-0.3, -0.25) is 14.5 Å². The predicted octanol–water partition coefficient (Wildman–Crippen LogP) is 1.10. The average Bonchev–Trinajstić information content (AvgIpc) is 2.37. The smallest absolute Gasteiger partial charge is 0.256 e. The van der Waals surface area contributed by atoms with E-state index >= 15 is 0 Å². The Bertz CT molecular complexity index is 339. The van der Waals surface area contributed by atoms with Crippen molar-refractivity contribution >= 4 is 11.8 Å². The van der Waals surface area contributed by atoms with Crippen LogP contribution in [-0.2, 0) is 9.59 Å². The summed E-state index contributed by atoms with van der Waals surface area (Å²) in [6, 6.07) is -0.258. The number of rotatable bonds is 3. The first kappa shape index (κ1) is 12.9. The molecule has 1 N–H and O–H groups in total. The molecule has 0 aromatic rings. The Morgan fingerprint density at radius 2 is 1.94 bits per heavy atom. The second-order valence-corrected chi connectivity index (χ2v) is 5.23. The molecule has 0 aliphatic carbocycles. The first-order valence-corrected chi connectivity index (χ1v) is 5.45. The maximum absolute atomic E-state index is 11.8. The highest BCUT2D eigenvalue weighted by atomic mass is 16.3. The van der Waals surface area contributed by atoms with Crippen LogP contribution in [-0.4, -0.2) is 34.5 Å². The molecule has 90 valence electrons. The maximum Gasteiger partial charge on any atom is 0.256 e. The molecule has 4 nitrogen and oxygen atoms in total. The summed E-state index contributed by atoms with van der Waals surface area (Å²) < 4.78 is 0. The van der Waals surface area contributed by atoms with Crippen LogP contribution in [0.4, 0.5) is 0 Å². The minimum absolute atomic E-state index is 0.0297. The topological polar surface area (TPSA) is 57.6 Å². The van der Waals surface area contributed by atoms with Crippen molar-refractivity contribution < 1.29 is 14.7 Å². The Labute approximate surface area is 95.9 Å². The molecule has 0 fully saturated rings. The highest BCUT2D eigenvalue weighted by Gasteiger charge is 2.39. The summed E-state index contributed by atoms with van der Waals surface area (Å²) in [5.74, 6) is -0.505. The van der Waals surface area contributed by atoms with Gasteiger partial charge in [0.1, 0.15) is 0 Å². The van der Waals surface area contributed by atoms with E-state index in [4.69, 9.17) is 5.11 Å². The quantitative estimate of drug-likeness (QED) is 0.732. The molecule has 1 aliphatic heterocycles. The maximum atomic E-state index is 11.8. The third-order valence-electron chi connectivity index (χ3n) is 2.85. The fourth-order valence-corrected chi connectivity index (χ4v) is 1.97. The average molecular weight is 225 g/mol. The summed E-state index contributed by atoms with van der Waals surface area (Å²) in [7, 11) is 0. The summed E-state index contributed by atoms with van der Waals surface area (Å²) in [6.45, 7) is 7.49. The van der Waals surface area contributed by atoms with Crippen molar-refractivity contribution in [2.24, 2.45) is 5.41 Å². The van der Waals surface area contributed by atoms with Crippen LogP contribution in [0.3, 0.4) is 0 Å². The molecular weight excluding hydrogens is 206 g/mol. The van der Waals surface area contributed by atoms with Crippen molar-refractivity contribution in [1.29, 1.82) is 0 Å². The zero-order valence-electron chi connectivity index (χ0n) is 10.3. The van der Waals surface area contributed by atoms with E-state index in [-0.39, 0.29) is 29.9 Å². The van der Waals surface area contributed by atoms with Crippen LogP contribution in [0.1, 0.15) is 34.1 Å². The first-order valence-electron chi connectivity index (χ1n) is 5.45. The van der Waals surface area contributed by atoms with E-state index in [1.165, 1.54) is 11.0 Å². The van der Waals surface area contributed by atoms with Crippen LogP contribution >= 0.6 is 0 Å². The number of amides is 2. The summed E-state index contributed by atoms with van der Waals surface area (Å²) in [6.07, 6.45) is 1.78. The lowest BCUT2D eigenvalue weighted by molar-refractivity contribution is -0.143. The molecule has 0 aromatic heterocycles. The number of carbonyl (C=O) groups is 2. The number of aliphatic hydroxyl groups is 1. The molecule has 1 rings (SSSR count). The Kier molecular flexibility index (Phi) is 3.53. The summed E-state index contributed by atoms with van der Waals surface area (Å²) in [5.41, 5.74) is 0.240. The molecule has 1 unspecified atom stereocenters. The molecule has 4 heteroatoms. The normalized spacial score (nSPS) is 19.1. The predicted molar refractivity (Wildman–Crippen MR) is 60.6 cm³/mol. The van der Waals surface area contributed by atoms with Gasteiger partial charge in [-0.05, 0) is 18.8 Å². The van der Waals surface area contributed by atoms with E-state index in [0.717, 1.165) is 0 Å². The largest absolute Gasteiger partial charge is 0.396 e. The minimum atomic E-state index is -0.268. The molecule has 0 bridgehead atoms. The van der Waals surface area contributed by atoms with Crippen LogP contribution in [0, 0.1) is 5.41 Å². The fraction of sp³-hybridized carbons (Fsp3) is 0.667. The number of nitrogens with zero attached hydrogens (tertiary/aromatic N) is 1. The molecule has 0 saturated carbocycles. The zero-order valence-corrected chi connectivity index (χ0v) is 10.3. The van der Waals surface area contributed by atoms with Gasteiger partial charge in [0.15, 0.2) is 0 Å². The van der Waals surface area contributed by atoms with Gasteiger partial charge in [0.2, 0.25) is 0 Å². The summed E-state index contributed by atoms with van der Waals surface area (Å²) in [5, 5.41) is 9.03. The van der Waals surface area contributed by atoms with Crippen molar-refractivity contribution in [3.63, 3.8) is 0 Å². The van der Waals surface area contributed by atoms with Gasteiger partial charge in [0.25, 0.3) is 11.8 Å². The SMILES string of the molecule is CC1=CC(=O)N(C(CCO)C(C)(C)C)C1=O. The monoisotopic (exact) mass is 225 g/mol. The lowest BCUT2D eigenvalue weighted by atomic mass is 9.83. The van der Waals surface area contributed by atoms with Crippen LogP contribution in [0.25, 0.3) is 0 Å². The molecule has 0 aromatic carbocycles. The molecular formula is C12H19NO3. The number of hydrogen-bond donors (Lipinski definition) is 1. The third kappa shape index (κ3) is 2.32. The highest BCUT2D eigenvalue weighted by Crippen LogP contribution is 2.30. The van der Waals surface area contributed by atoms with E-state index in [1.54, 1.807) is 6.92 Å². The molecule has 16 heavy (non-hydrogen) atoms. The van der Waals surface area contributed by atoms with E-state index < -0.39 is 0 Å². The van der Waals surface area contributed by atoms with Crippen molar-refractivity contribution in [3.05, 3.63) is 11.6 Å². The highest BCUT2D eigenvalue weighted by molar-refractivity contribution is 6.16. The molecule has 0 radical (unpaired) electrons. The van der Waals surface area contributed by atoms with Gasteiger partial charge in [-0.2, -0.15) is 0 Å². The van der Waals surface area contributed by atoms with E-state index in [1.807, 2.05) is 20.8 Å². The van der Waals surface area contributed by atoms with E-state index in [2.05, 4.69) is 0 Å². The first-order chi connectivity index (χ1) is 7.29. The third-order valence-corrected chi connectivity index (χ3v) is 2.85. The second-order valence-electron chi connectivity index (χ2n) is 5.23. The lowest BCUT2D eigenvalue weighted by Crippen LogP contribution is -2.48. The van der Waals surface area contributed by atoms with Gasteiger partial charge in [0, 0.05) is 24.3 Å². The molecule has 1 aliphatic rings. The number of aliphatic hydroxyl groups excluding tert-OH is 1. The molecule has 1 heterocycles. The fourth-order valence-electron chi connectivity index (χ4n) is 1.97. The Morgan fingerprint density at radius 3 is 2.25 bits per heavy atom. The summed E-state index contributed by atoms with van der Waals surface area (Å²) >= 11 is 0. The number of hydrogen-bond acceptors (Lipinski definition) is 3. The van der Waals surface area contributed by atoms with Crippen LogP contribution in [0.2, 0.25) is 0 Å². The standard InChI is InChI=1S/C12H19NO3/c1-8-7-10(15)13(11(8)16)9(5-6-14)12(2,3)4/h7,9,14H,5-6H2,1-4H3. The van der Waals surface area contributed by atoms with Crippen LogP contribution < -0.4 is 0 Å². The molecule has 1 atom stereocenters.